The highest BCUT2D eigenvalue weighted by molar-refractivity contribution is 7.26. The lowest BCUT2D eigenvalue weighted by atomic mass is 9.78. The predicted molar refractivity (Wildman–Crippen MR) is 229 cm³/mol. The van der Waals surface area contributed by atoms with E-state index in [9.17, 15) is 0 Å². The monoisotopic (exact) mass is 697 g/mol. The fourth-order valence-electron chi connectivity index (χ4n) is 8.67. The van der Waals surface area contributed by atoms with Crippen LogP contribution in [-0.4, -0.2) is 0 Å². The van der Waals surface area contributed by atoms with Gasteiger partial charge in [-0.15, -0.1) is 11.3 Å². The maximum Gasteiger partial charge on any atom is 0.0465 e. The Morgan fingerprint density at radius 2 is 1.13 bits per heavy atom. The molecule has 0 aliphatic heterocycles. The zero-order valence-corrected chi connectivity index (χ0v) is 30.8. The van der Waals surface area contributed by atoms with E-state index in [-0.39, 0.29) is 5.41 Å². The van der Waals surface area contributed by atoms with Crippen LogP contribution in [0.25, 0.3) is 59.1 Å². The van der Waals surface area contributed by atoms with Crippen molar-refractivity contribution in [3.63, 3.8) is 0 Å². The molecule has 1 aromatic heterocycles. The first-order valence-electron chi connectivity index (χ1n) is 18.6. The summed E-state index contributed by atoms with van der Waals surface area (Å²) in [4.78, 5) is 2.41. The van der Waals surface area contributed by atoms with Gasteiger partial charge < -0.3 is 4.90 Å². The van der Waals surface area contributed by atoms with Gasteiger partial charge >= 0.3 is 0 Å². The molecule has 0 bridgehead atoms. The standard InChI is InChI=1S/C51H39NS/c1-51(2)47-21-13-12-20-42(47)43-28-27-41(33-48(43)51)52(39-18-10-5-11-19-39)40-25-22-36(23-26-40)44-31-38(35-16-8-4-9-17-35)32-46-45-30-37(34-14-6-3-7-15-34)24-29-49(45)53-50(44)46/h3-12,14-20,22-33H,13,21H2,1-2H3. The maximum atomic E-state index is 2.44. The van der Waals surface area contributed by atoms with Gasteiger partial charge in [0.1, 0.15) is 0 Å². The summed E-state index contributed by atoms with van der Waals surface area (Å²) in [6.07, 6.45) is 6.95. The van der Waals surface area contributed by atoms with Gasteiger partial charge in [-0.25, -0.2) is 0 Å². The number of para-hydroxylation sites is 1. The van der Waals surface area contributed by atoms with Crippen LogP contribution in [0.5, 0.6) is 0 Å². The number of hydrogen-bond acceptors (Lipinski definition) is 2. The van der Waals surface area contributed by atoms with Crippen LogP contribution >= 0.6 is 11.3 Å². The Morgan fingerprint density at radius 1 is 0.509 bits per heavy atom. The van der Waals surface area contributed by atoms with Crippen molar-refractivity contribution in [3.8, 4) is 33.4 Å². The van der Waals surface area contributed by atoms with Crippen molar-refractivity contribution in [3.05, 3.63) is 193 Å². The summed E-state index contributed by atoms with van der Waals surface area (Å²) in [5.41, 5.74) is 16.8. The summed E-state index contributed by atoms with van der Waals surface area (Å²) in [7, 11) is 0. The smallest absolute Gasteiger partial charge is 0.0465 e. The van der Waals surface area contributed by atoms with Crippen LogP contribution in [0.3, 0.4) is 0 Å². The Hall–Kier alpha value is -5.96. The molecule has 0 radical (unpaired) electrons. The Labute approximate surface area is 315 Å². The fourth-order valence-corrected chi connectivity index (χ4v) is 9.87. The van der Waals surface area contributed by atoms with E-state index in [1.807, 2.05) is 11.3 Å². The molecule has 10 rings (SSSR count). The summed E-state index contributed by atoms with van der Waals surface area (Å²) < 4.78 is 2.63. The van der Waals surface area contributed by atoms with E-state index < -0.39 is 0 Å². The van der Waals surface area contributed by atoms with Gasteiger partial charge in [-0.2, -0.15) is 0 Å². The van der Waals surface area contributed by atoms with Gasteiger partial charge in [0.15, 0.2) is 0 Å². The Balaban J connectivity index is 1.10. The number of benzene rings is 7. The first kappa shape index (κ1) is 31.7. The average molecular weight is 698 g/mol. The third kappa shape index (κ3) is 5.36. The molecule has 0 atom stereocenters. The van der Waals surface area contributed by atoms with Crippen molar-refractivity contribution < 1.29 is 0 Å². The van der Waals surface area contributed by atoms with Crippen molar-refractivity contribution in [2.24, 2.45) is 0 Å². The van der Waals surface area contributed by atoms with Gasteiger partial charge in [-0.1, -0.05) is 135 Å². The molecule has 0 fully saturated rings. The van der Waals surface area contributed by atoms with E-state index in [0.29, 0.717) is 0 Å². The van der Waals surface area contributed by atoms with E-state index in [0.717, 1.165) is 24.2 Å². The topological polar surface area (TPSA) is 3.24 Å². The van der Waals surface area contributed by atoms with Gasteiger partial charge in [-0.3, -0.25) is 0 Å². The predicted octanol–water partition coefficient (Wildman–Crippen LogP) is 14.9. The molecule has 1 heterocycles. The second-order valence-electron chi connectivity index (χ2n) is 14.9. The highest BCUT2D eigenvalue weighted by atomic mass is 32.1. The van der Waals surface area contributed by atoms with Crippen molar-refractivity contribution >= 4 is 54.1 Å². The van der Waals surface area contributed by atoms with Crippen LogP contribution in [-0.2, 0) is 5.41 Å². The lowest BCUT2D eigenvalue weighted by molar-refractivity contribution is 0.607. The summed E-state index contributed by atoms with van der Waals surface area (Å²) in [5, 5.41) is 2.62. The first-order chi connectivity index (χ1) is 26.0. The third-order valence-electron chi connectivity index (χ3n) is 11.4. The number of anilines is 3. The molecule has 0 amide bonds. The number of allylic oxidation sites excluding steroid dienone is 4. The number of fused-ring (bicyclic) bond motifs is 5. The first-order valence-corrected chi connectivity index (χ1v) is 19.5. The SMILES string of the molecule is CC1(C)C2=C(C=CCC2)c2ccc(N(c3ccccc3)c3ccc(-c4cc(-c5ccccc5)cc5c4sc4ccc(-c6ccccc6)cc45)cc3)cc21. The lowest BCUT2D eigenvalue weighted by Crippen LogP contribution is -2.18. The van der Waals surface area contributed by atoms with Crippen molar-refractivity contribution in [2.75, 3.05) is 4.90 Å². The number of thiophene rings is 1. The summed E-state index contributed by atoms with van der Waals surface area (Å²) in [5.74, 6) is 0. The van der Waals surface area contributed by atoms with Gasteiger partial charge in [0.2, 0.25) is 0 Å². The Morgan fingerprint density at radius 3 is 1.87 bits per heavy atom. The van der Waals surface area contributed by atoms with Crippen molar-refractivity contribution in [2.45, 2.75) is 32.1 Å². The highest BCUT2D eigenvalue weighted by Crippen LogP contribution is 2.52. The molecular weight excluding hydrogens is 659 g/mol. The molecule has 2 heteroatoms. The number of nitrogens with zero attached hydrogens (tertiary/aromatic N) is 1. The molecule has 53 heavy (non-hydrogen) atoms. The quantitative estimate of drug-likeness (QED) is 0.167. The van der Waals surface area contributed by atoms with E-state index >= 15 is 0 Å². The second-order valence-corrected chi connectivity index (χ2v) is 15.9. The number of hydrogen-bond donors (Lipinski definition) is 0. The van der Waals surface area contributed by atoms with Crippen LogP contribution < -0.4 is 4.90 Å². The molecule has 8 aromatic rings. The molecule has 2 aliphatic rings. The zero-order chi connectivity index (χ0) is 35.5. The molecular formula is C51H39NS. The summed E-state index contributed by atoms with van der Waals surface area (Å²) >= 11 is 1.90. The third-order valence-corrected chi connectivity index (χ3v) is 12.6. The van der Waals surface area contributed by atoms with Gasteiger partial charge in [0.05, 0.1) is 0 Å². The van der Waals surface area contributed by atoms with E-state index in [4.69, 9.17) is 0 Å². The van der Waals surface area contributed by atoms with Crippen LogP contribution in [0, 0.1) is 0 Å². The minimum Gasteiger partial charge on any atom is -0.310 e. The minimum absolute atomic E-state index is 0.0128. The normalized spacial score (nSPS) is 14.5. The van der Waals surface area contributed by atoms with Crippen LogP contribution in [0.15, 0.2) is 182 Å². The molecule has 0 saturated carbocycles. The Kier molecular flexibility index (Phi) is 7.56. The zero-order valence-electron chi connectivity index (χ0n) is 30.0. The largest absolute Gasteiger partial charge is 0.310 e. The minimum atomic E-state index is 0.0128. The van der Waals surface area contributed by atoms with E-state index in [2.05, 4.69) is 195 Å². The lowest BCUT2D eigenvalue weighted by Gasteiger charge is -2.29. The van der Waals surface area contributed by atoms with Crippen LogP contribution in [0.1, 0.15) is 37.8 Å². The summed E-state index contributed by atoms with van der Waals surface area (Å²) in [6.45, 7) is 4.80. The number of rotatable bonds is 6. The molecule has 0 saturated heterocycles. The van der Waals surface area contributed by atoms with E-state index in [1.54, 1.807) is 5.57 Å². The van der Waals surface area contributed by atoms with Gasteiger partial charge in [0, 0.05) is 48.2 Å². The fraction of sp³-hybridized carbons (Fsp3) is 0.0980. The Bertz CT molecular complexity index is 2710. The second kappa shape index (κ2) is 12.6. The van der Waals surface area contributed by atoms with Gasteiger partial charge in [0.25, 0.3) is 0 Å². The van der Waals surface area contributed by atoms with Crippen LogP contribution in [0.4, 0.5) is 17.1 Å². The highest BCUT2D eigenvalue weighted by Gasteiger charge is 2.37. The molecule has 254 valence electrons. The van der Waals surface area contributed by atoms with E-state index in [1.165, 1.54) is 75.9 Å². The van der Waals surface area contributed by atoms with Crippen molar-refractivity contribution in [1.82, 2.24) is 0 Å². The maximum absolute atomic E-state index is 2.44. The summed E-state index contributed by atoms with van der Waals surface area (Å²) in [6, 6.07) is 60.4. The average Bonchev–Trinajstić information content (AvgIpc) is 3.70. The van der Waals surface area contributed by atoms with Gasteiger partial charge in [-0.05, 0) is 118 Å². The molecule has 1 nitrogen and oxygen atoms in total. The molecule has 0 unspecified atom stereocenters. The molecule has 2 aliphatic carbocycles. The molecule has 7 aromatic carbocycles. The molecule has 0 spiro atoms. The van der Waals surface area contributed by atoms with Crippen LogP contribution in [0.2, 0.25) is 0 Å². The molecule has 0 N–H and O–H groups in total. The van der Waals surface area contributed by atoms with Crippen molar-refractivity contribution in [1.29, 1.82) is 0 Å².